The van der Waals surface area contributed by atoms with Gasteiger partial charge in [-0.3, -0.25) is 4.79 Å². The number of hydrogen-bond acceptors (Lipinski definition) is 2. The number of nitrogens with zero attached hydrogens (tertiary/aromatic N) is 2. The predicted molar refractivity (Wildman–Crippen MR) is 125 cm³/mol. The summed E-state index contributed by atoms with van der Waals surface area (Å²) in [4.78, 5) is 29.7. The van der Waals surface area contributed by atoms with Gasteiger partial charge in [0.05, 0.1) is 11.5 Å². The van der Waals surface area contributed by atoms with Crippen LogP contribution in [0.15, 0.2) is 84.9 Å². The molecular weight excluding hydrogens is 417 g/mol. The Kier molecular flexibility index (Phi) is 5.58. The zero-order valence-electron chi connectivity index (χ0n) is 18.3. The van der Waals surface area contributed by atoms with Crippen molar-refractivity contribution in [3.63, 3.8) is 0 Å². The lowest BCUT2D eigenvalue weighted by Crippen LogP contribution is -2.67. The average molecular weight is 444 g/mol. The highest BCUT2D eigenvalue weighted by Crippen LogP contribution is 2.57. The van der Waals surface area contributed by atoms with Crippen molar-refractivity contribution in [2.24, 2.45) is 5.41 Å². The maximum atomic E-state index is 13.9. The first kappa shape index (κ1) is 21.2. The highest BCUT2D eigenvalue weighted by molar-refractivity contribution is 6.06. The van der Waals surface area contributed by atoms with Gasteiger partial charge in [-0.2, -0.15) is 0 Å². The van der Waals surface area contributed by atoms with Gasteiger partial charge in [0, 0.05) is 25.3 Å². The minimum absolute atomic E-state index is 0.00583. The molecule has 3 amide bonds. The number of anilines is 1. The van der Waals surface area contributed by atoms with Gasteiger partial charge in [-0.1, -0.05) is 66.7 Å². The molecular formula is C27H26FN3O2. The third-order valence-electron chi connectivity index (χ3n) is 6.86. The maximum absolute atomic E-state index is 13.9. The van der Waals surface area contributed by atoms with Crippen molar-refractivity contribution in [3.8, 4) is 0 Å². The second kappa shape index (κ2) is 8.70. The fraction of sp³-hybridized carbons (Fsp3) is 0.259. The van der Waals surface area contributed by atoms with E-state index >= 15 is 0 Å². The first-order valence-corrected chi connectivity index (χ1v) is 11.3. The molecule has 2 heterocycles. The average Bonchev–Trinajstić information content (AvgIpc) is 2.86. The first-order valence-electron chi connectivity index (χ1n) is 11.3. The molecule has 1 spiro atoms. The molecule has 3 aromatic rings. The number of hydrogen-bond donors (Lipinski definition) is 1. The number of piperidine rings is 1. The summed E-state index contributed by atoms with van der Waals surface area (Å²) < 4.78 is 13.9. The van der Waals surface area contributed by atoms with Crippen molar-refractivity contribution in [3.05, 3.63) is 102 Å². The summed E-state index contributed by atoms with van der Waals surface area (Å²) in [5.74, 6) is -0.357. The summed E-state index contributed by atoms with van der Waals surface area (Å²) in [6, 6.07) is 25.6. The quantitative estimate of drug-likeness (QED) is 0.583. The summed E-state index contributed by atoms with van der Waals surface area (Å²) >= 11 is 0. The standard InChI is InChI=1S/C27H26FN3O2/c28-22-12-7-13-23(18-22)31-24(21-10-5-2-6-11-21)27(25(31)32)14-16-30(17-15-27)26(33)29-19-20-8-3-1-4-9-20/h1-13,18,24H,14-17,19H2,(H,29,33). The van der Waals surface area contributed by atoms with Crippen LogP contribution >= 0.6 is 0 Å². The number of amides is 3. The summed E-state index contributed by atoms with van der Waals surface area (Å²) in [7, 11) is 0. The van der Waals surface area contributed by atoms with Gasteiger partial charge < -0.3 is 15.1 Å². The molecule has 1 unspecified atom stereocenters. The number of rotatable bonds is 4. The van der Waals surface area contributed by atoms with Crippen LogP contribution < -0.4 is 10.2 Å². The predicted octanol–water partition coefficient (Wildman–Crippen LogP) is 4.91. The second-order valence-electron chi connectivity index (χ2n) is 8.76. The van der Waals surface area contributed by atoms with E-state index < -0.39 is 5.41 Å². The number of halogens is 1. The Hall–Kier alpha value is -3.67. The highest BCUT2D eigenvalue weighted by atomic mass is 19.1. The number of nitrogens with one attached hydrogen (secondary N) is 1. The van der Waals surface area contributed by atoms with E-state index in [9.17, 15) is 14.0 Å². The molecule has 2 saturated heterocycles. The second-order valence-corrected chi connectivity index (χ2v) is 8.76. The number of benzene rings is 3. The first-order chi connectivity index (χ1) is 16.1. The molecule has 1 N–H and O–H groups in total. The Labute approximate surface area is 192 Å². The summed E-state index contributed by atoms with van der Waals surface area (Å²) in [5, 5.41) is 2.98. The van der Waals surface area contributed by atoms with E-state index in [1.54, 1.807) is 21.9 Å². The minimum Gasteiger partial charge on any atom is -0.334 e. The number of carbonyl (C=O) groups excluding carboxylic acids is 2. The van der Waals surface area contributed by atoms with Crippen molar-refractivity contribution in [2.75, 3.05) is 18.0 Å². The van der Waals surface area contributed by atoms with Crippen molar-refractivity contribution in [1.29, 1.82) is 0 Å². The molecule has 0 aromatic heterocycles. The van der Waals surface area contributed by atoms with Gasteiger partial charge in [0.1, 0.15) is 5.82 Å². The van der Waals surface area contributed by atoms with Crippen LogP contribution in [0.25, 0.3) is 0 Å². The Bertz CT molecular complexity index is 1140. The maximum Gasteiger partial charge on any atom is 0.317 e. The van der Waals surface area contributed by atoms with Crippen LogP contribution in [0.5, 0.6) is 0 Å². The smallest absolute Gasteiger partial charge is 0.317 e. The van der Waals surface area contributed by atoms with Gasteiger partial charge in [-0.25, -0.2) is 9.18 Å². The van der Waals surface area contributed by atoms with Crippen LogP contribution in [-0.2, 0) is 11.3 Å². The Balaban J connectivity index is 1.32. The van der Waals surface area contributed by atoms with E-state index in [0.29, 0.717) is 38.2 Å². The van der Waals surface area contributed by atoms with Crippen LogP contribution in [0.2, 0.25) is 0 Å². The number of carbonyl (C=O) groups is 2. The van der Waals surface area contributed by atoms with Crippen LogP contribution in [0.3, 0.4) is 0 Å². The summed E-state index contributed by atoms with van der Waals surface area (Å²) in [6.07, 6.45) is 1.16. The van der Waals surface area contributed by atoms with Crippen molar-refractivity contribution < 1.29 is 14.0 Å². The molecule has 2 aliphatic heterocycles. The zero-order valence-corrected chi connectivity index (χ0v) is 18.3. The molecule has 5 nitrogen and oxygen atoms in total. The SMILES string of the molecule is O=C(NCc1ccccc1)N1CCC2(CC1)C(=O)N(c1cccc(F)c1)C2c1ccccc1. The fourth-order valence-electron chi connectivity index (χ4n) is 5.13. The van der Waals surface area contributed by atoms with Gasteiger partial charge in [0.2, 0.25) is 5.91 Å². The monoisotopic (exact) mass is 443 g/mol. The molecule has 0 radical (unpaired) electrons. The van der Waals surface area contributed by atoms with Crippen molar-refractivity contribution in [1.82, 2.24) is 10.2 Å². The Morgan fingerprint density at radius 1 is 0.939 bits per heavy atom. The lowest BCUT2D eigenvalue weighted by molar-refractivity contribution is -0.144. The van der Waals surface area contributed by atoms with E-state index in [1.165, 1.54) is 12.1 Å². The fourth-order valence-corrected chi connectivity index (χ4v) is 5.13. The van der Waals surface area contributed by atoms with Gasteiger partial charge in [-0.15, -0.1) is 0 Å². The molecule has 5 rings (SSSR count). The Morgan fingerprint density at radius 2 is 1.61 bits per heavy atom. The molecule has 2 fully saturated rings. The van der Waals surface area contributed by atoms with Gasteiger partial charge in [-0.05, 0) is 42.2 Å². The molecule has 2 aliphatic rings. The molecule has 1 atom stereocenters. The number of β-lactam (4-membered cyclic amide) rings is 1. The van der Waals surface area contributed by atoms with Gasteiger partial charge in [0.25, 0.3) is 0 Å². The topological polar surface area (TPSA) is 52.7 Å². The van der Waals surface area contributed by atoms with E-state index in [-0.39, 0.29) is 23.8 Å². The van der Waals surface area contributed by atoms with E-state index in [0.717, 1.165) is 11.1 Å². The molecule has 33 heavy (non-hydrogen) atoms. The molecule has 0 aliphatic carbocycles. The van der Waals surface area contributed by atoms with E-state index in [1.807, 2.05) is 60.7 Å². The number of urea groups is 1. The minimum atomic E-state index is -0.579. The molecule has 6 heteroatoms. The number of likely N-dealkylation sites (tertiary alicyclic amines) is 1. The van der Waals surface area contributed by atoms with Crippen molar-refractivity contribution in [2.45, 2.75) is 25.4 Å². The van der Waals surface area contributed by atoms with Crippen molar-refractivity contribution >= 4 is 17.6 Å². The van der Waals surface area contributed by atoms with Gasteiger partial charge in [0.15, 0.2) is 0 Å². The summed E-state index contributed by atoms with van der Waals surface area (Å²) in [6.45, 7) is 1.49. The zero-order chi connectivity index (χ0) is 22.8. The lowest BCUT2D eigenvalue weighted by atomic mass is 9.62. The van der Waals surface area contributed by atoms with Crippen LogP contribution in [0.4, 0.5) is 14.9 Å². The molecule has 0 bridgehead atoms. The van der Waals surface area contributed by atoms with Crippen LogP contribution in [-0.4, -0.2) is 29.9 Å². The van der Waals surface area contributed by atoms with Gasteiger partial charge >= 0.3 is 6.03 Å². The largest absolute Gasteiger partial charge is 0.334 e. The van der Waals surface area contributed by atoms with E-state index in [4.69, 9.17) is 0 Å². The van der Waals surface area contributed by atoms with Crippen LogP contribution in [0.1, 0.15) is 30.0 Å². The molecule has 0 saturated carbocycles. The lowest BCUT2D eigenvalue weighted by Gasteiger charge is -2.59. The van der Waals surface area contributed by atoms with E-state index in [2.05, 4.69) is 5.32 Å². The van der Waals surface area contributed by atoms with Crippen LogP contribution in [0, 0.1) is 11.2 Å². The molecule has 3 aromatic carbocycles. The summed E-state index contributed by atoms with van der Waals surface area (Å²) in [5.41, 5.74) is 2.07. The normalized spacial score (nSPS) is 19.3. The highest BCUT2D eigenvalue weighted by Gasteiger charge is 2.62. The Morgan fingerprint density at radius 3 is 2.27 bits per heavy atom. The molecule has 168 valence electrons. The third kappa shape index (κ3) is 3.86. The third-order valence-corrected chi connectivity index (χ3v) is 6.86.